The number of ether oxygens (including phenoxy) is 4. The van der Waals surface area contributed by atoms with Crippen molar-refractivity contribution in [3.63, 3.8) is 0 Å². The second-order valence-electron chi connectivity index (χ2n) is 8.19. The summed E-state index contributed by atoms with van der Waals surface area (Å²) in [5, 5.41) is 20.7. The Morgan fingerprint density at radius 3 is 1.25 bits per heavy atom. The lowest BCUT2D eigenvalue weighted by Crippen LogP contribution is -3.29. The zero-order valence-corrected chi connectivity index (χ0v) is 19.0. The molecule has 2 atom stereocenters. The van der Waals surface area contributed by atoms with Gasteiger partial charge in [0.15, 0.2) is 0 Å². The summed E-state index contributed by atoms with van der Waals surface area (Å²) in [6.07, 6.45) is -1.03. The fourth-order valence-electron chi connectivity index (χ4n) is 3.88. The van der Waals surface area contributed by atoms with E-state index in [0.29, 0.717) is 13.1 Å². The predicted octanol–water partition coefficient (Wildman–Crippen LogP) is -1.33. The Bertz CT molecular complexity index is 711. The molecule has 1 aliphatic rings. The van der Waals surface area contributed by atoms with Crippen LogP contribution in [0.1, 0.15) is 0 Å². The lowest BCUT2D eigenvalue weighted by atomic mass is 10.2. The first-order valence-corrected chi connectivity index (χ1v) is 11.1. The minimum atomic E-state index is -0.517. The number of aliphatic hydroxyl groups is 2. The van der Waals surface area contributed by atoms with Crippen LogP contribution in [0.3, 0.4) is 0 Å². The highest BCUT2D eigenvalue weighted by Gasteiger charge is 2.26. The van der Waals surface area contributed by atoms with E-state index in [0.717, 1.165) is 49.2 Å². The molecule has 0 spiro atoms. The second-order valence-corrected chi connectivity index (χ2v) is 8.19. The Morgan fingerprint density at radius 2 is 0.938 bits per heavy atom. The SMILES string of the molecule is COc1ccc(OC[C@@H](O)C[NH+]2CC[NH+](C[C@@H](O)COc3ccc(OC)cc3)CC2)cc1. The van der Waals surface area contributed by atoms with E-state index in [1.807, 2.05) is 48.5 Å². The van der Waals surface area contributed by atoms with Crippen LogP contribution in [0.4, 0.5) is 0 Å². The lowest BCUT2D eigenvalue weighted by Gasteiger charge is -2.31. The fraction of sp³-hybridized carbons (Fsp3) is 0.500. The normalized spacial score (nSPS) is 20.2. The minimum Gasteiger partial charge on any atom is -0.497 e. The maximum atomic E-state index is 10.3. The zero-order valence-electron chi connectivity index (χ0n) is 19.0. The molecule has 8 nitrogen and oxygen atoms in total. The van der Waals surface area contributed by atoms with Gasteiger partial charge in [-0.25, -0.2) is 0 Å². The number of methoxy groups -OCH3 is 2. The average molecular weight is 449 g/mol. The Balaban J connectivity index is 1.29. The highest BCUT2D eigenvalue weighted by Crippen LogP contribution is 2.17. The Kier molecular flexibility index (Phi) is 9.43. The molecular weight excluding hydrogens is 412 g/mol. The molecule has 0 saturated carbocycles. The van der Waals surface area contributed by atoms with Crippen LogP contribution in [0.5, 0.6) is 23.0 Å². The molecule has 3 rings (SSSR count). The van der Waals surface area contributed by atoms with Crippen LogP contribution in [-0.4, -0.2) is 89.1 Å². The van der Waals surface area contributed by atoms with Crippen LogP contribution >= 0.6 is 0 Å². The molecule has 0 aliphatic carbocycles. The topological polar surface area (TPSA) is 86.3 Å². The van der Waals surface area contributed by atoms with E-state index >= 15 is 0 Å². The number of rotatable bonds is 12. The third-order valence-electron chi connectivity index (χ3n) is 5.72. The molecule has 0 aromatic heterocycles. The molecule has 0 unspecified atom stereocenters. The van der Waals surface area contributed by atoms with Gasteiger partial charge in [0.05, 0.1) is 14.2 Å². The number of hydrogen-bond acceptors (Lipinski definition) is 6. The zero-order chi connectivity index (χ0) is 22.8. The van der Waals surface area contributed by atoms with Crippen molar-refractivity contribution in [2.45, 2.75) is 12.2 Å². The number of benzene rings is 2. The molecule has 1 fully saturated rings. The van der Waals surface area contributed by atoms with Crippen LogP contribution in [0.25, 0.3) is 0 Å². The molecule has 176 valence electrons. The van der Waals surface area contributed by atoms with Gasteiger partial charge in [0.1, 0.15) is 87.7 Å². The summed E-state index contributed by atoms with van der Waals surface area (Å²) in [5.74, 6) is 3.00. The summed E-state index contributed by atoms with van der Waals surface area (Å²) >= 11 is 0. The van der Waals surface area contributed by atoms with Gasteiger partial charge in [-0.2, -0.15) is 0 Å². The molecule has 0 radical (unpaired) electrons. The number of nitrogens with one attached hydrogen (secondary N) is 2. The Hall–Kier alpha value is -2.52. The molecule has 1 aliphatic heterocycles. The number of quaternary nitrogens is 2. The lowest BCUT2D eigenvalue weighted by molar-refractivity contribution is -1.01. The molecule has 2 aromatic carbocycles. The van der Waals surface area contributed by atoms with Gasteiger partial charge in [-0.3, -0.25) is 0 Å². The fourth-order valence-corrected chi connectivity index (χ4v) is 3.88. The number of aliphatic hydroxyl groups excluding tert-OH is 2. The van der Waals surface area contributed by atoms with Crippen molar-refractivity contribution in [1.29, 1.82) is 0 Å². The minimum absolute atomic E-state index is 0.272. The van der Waals surface area contributed by atoms with Crippen molar-refractivity contribution < 1.29 is 39.0 Å². The third kappa shape index (κ3) is 7.87. The number of hydrogen-bond donors (Lipinski definition) is 4. The van der Waals surface area contributed by atoms with Gasteiger partial charge in [0.2, 0.25) is 0 Å². The number of piperazine rings is 1. The molecule has 1 saturated heterocycles. The Labute approximate surface area is 189 Å². The largest absolute Gasteiger partial charge is 0.497 e. The van der Waals surface area contributed by atoms with Crippen molar-refractivity contribution in [1.82, 2.24) is 0 Å². The van der Waals surface area contributed by atoms with Gasteiger partial charge in [-0.15, -0.1) is 0 Å². The van der Waals surface area contributed by atoms with Gasteiger partial charge < -0.3 is 39.0 Å². The van der Waals surface area contributed by atoms with E-state index in [4.69, 9.17) is 18.9 Å². The van der Waals surface area contributed by atoms with Crippen LogP contribution in [0.15, 0.2) is 48.5 Å². The van der Waals surface area contributed by atoms with Gasteiger partial charge in [-0.05, 0) is 48.5 Å². The first-order valence-electron chi connectivity index (χ1n) is 11.1. The molecule has 8 heteroatoms. The van der Waals surface area contributed by atoms with Crippen molar-refractivity contribution in [3.8, 4) is 23.0 Å². The summed E-state index contributed by atoms with van der Waals surface area (Å²) in [7, 11) is 3.25. The maximum absolute atomic E-state index is 10.3. The van der Waals surface area contributed by atoms with Crippen molar-refractivity contribution in [2.24, 2.45) is 0 Å². The molecule has 1 heterocycles. The van der Waals surface area contributed by atoms with E-state index in [9.17, 15) is 10.2 Å². The average Bonchev–Trinajstić information content (AvgIpc) is 2.83. The monoisotopic (exact) mass is 448 g/mol. The first kappa shape index (κ1) is 24.1. The predicted molar refractivity (Wildman–Crippen MR) is 120 cm³/mol. The van der Waals surface area contributed by atoms with Crippen molar-refractivity contribution >= 4 is 0 Å². The molecule has 0 bridgehead atoms. The third-order valence-corrected chi connectivity index (χ3v) is 5.72. The van der Waals surface area contributed by atoms with Crippen LogP contribution in [0.2, 0.25) is 0 Å². The van der Waals surface area contributed by atoms with Crippen molar-refractivity contribution in [3.05, 3.63) is 48.5 Å². The first-order chi connectivity index (χ1) is 15.6. The van der Waals surface area contributed by atoms with E-state index in [1.165, 1.54) is 9.80 Å². The maximum Gasteiger partial charge on any atom is 0.137 e. The summed E-state index contributed by atoms with van der Waals surface area (Å²) < 4.78 is 21.6. The smallest absolute Gasteiger partial charge is 0.137 e. The summed E-state index contributed by atoms with van der Waals surface area (Å²) in [6.45, 7) is 5.70. The van der Waals surface area contributed by atoms with Crippen LogP contribution < -0.4 is 28.7 Å². The molecule has 32 heavy (non-hydrogen) atoms. The van der Waals surface area contributed by atoms with Gasteiger partial charge in [0, 0.05) is 0 Å². The summed E-state index contributed by atoms with van der Waals surface area (Å²) in [6, 6.07) is 14.7. The second kappa shape index (κ2) is 12.5. The van der Waals surface area contributed by atoms with Crippen molar-refractivity contribution in [2.75, 3.05) is 66.7 Å². The summed E-state index contributed by atoms with van der Waals surface area (Å²) in [5.41, 5.74) is 0. The van der Waals surface area contributed by atoms with E-state index in [2.05, 4.69) is 0 Å². The van der Waals surface area contributed by atoms with E-state index in [1.54, 1.807) is 14.2 Å². The highest BCUT2D eigenvalue weighted by molar-refractivity contribution is 5.31. The molecular formula is C24H36N2O6+2. The Morgan fingerprint density at radius 1 is 0.625 bits per heavy atom. The van der Waals surface area contributed by atoms with E-state index < -0.39 is 12.2 Å². The van der Waals surface area contributed by atoms with Gasteiger partial charge >= 0.3 is 0 Å². The van der Waals surface area contributed by atoms with Crippen LogP contribution in [-0.2, 0) is 0 Å². The van der Waals surface area contributed by atoms with Crippen LogP contribution in [0, 0.1) is 0 Å². The standard InChI is InChI=1S/C24H34N2O6/c1-29-21-3-7-23(8-4-21)31-17-19(27)15-25-11-13-26(14-12-25)16-20(28)18-32-24-9-5-22(30-2)6-10-24/h3-10,19-20,27-28H,11-18H2,1-2H3/p+2/t19-,20+. The van der Waals surface area contributed by atoms with Gasteiger partial charge in [-0.1, -0.05) is 0 Å². The molecule has 0 amide bonds. The van der Waals surface area contributed by atoms with E-state index in [-0.39, 0.29) is 13.2 Å². The quantitative estimate of drug-likeness (QED) is 0.322. The van der Waals surface area contributed by atoms with Gasteiger partial charge in [0.25, 0.3) is 0 Å². The highest BCUT2D eigenvalue weighted by atomic mass is 16.5. The molecule has 4 N–H and O–H groups in total. The molecule has 2 aromatic rings. The summed E-state index contributed by atoms with van der Waals surface area (Å²) in [4.78, 5) is 2.73.